The normalized spacial score (nSPS) is 10.6. The van der Waals surface area contributed by atoms with E-state index in [1.807, 2.05) is 0 Å². The standard InChI is InChI=1S/C21H14Cl2N2O3/c22-16-9-7-15(8-10-16)20(26)25-24-13-14-5-11-17(12-6-14)28-21(27)18-3-1-2-4-19(18)23/h1-13H,(H,25,26)/b24-13-. The number of ether oxygens (including phenoxy) is 1. The van der Waals surface area contributed by atoms with Crippen molar-refractivity contribution in [1.82, 2.24) is 5.43 Å². The fourth-order valence-corrected chi connectivity index (χ4v) is 2.58. The van der Waals surface area contributed by atoms with Crippen LogP contribution >= 0.6 is 23.2 Å². The molecule has 0 aliphatic rings. The highest BCUT2D eigenvalue weighted by atomic mass is 35.5. The molecule has 140 valence electrons. The Labute approximate surface area is 171 Å². The summed E-state index contributed by atoms with van der Waals surface area (Å²) in [7, 11) is 0. The van der Waals surface area contributed by atoms with Gasteiger partial charge in [0.1, 0.15) is 5.75 Å². The van der Waals surface area contributed by atoms with Crippen LogP contribution in [0.4, 0.5) is 0 Å². The fourth-order valence-electron chi connectivity index (χ4n) is 2.24. The molecule has 0 unspecified atom stereocenters. The SMILES string of the molecule is O=C(N/N=C\c1ccc(OC(=O)c2ccccc2Cl)cc1)c1ccc(Cl)cc1. The molecular formula is C21H14Cl2N2O3. The smallest absolute Gasteiger partial charge is 0.345 e. The molecule has 0 saturated heterocycles. The molecule has 3 aromatic rings. The molecule has 0 bridgehead atoms. The average Bonchev–Trinajstić information content (AvgIpc) is 2.70. The van der Waals surface area contributed by atoms with Crippen LogP contribution < -0.4 is 10.2 Å². The quantitative estimate of drug-likeness (QED) is 0.278. The lowest BCUT2D eigenvalue weighted by Gasteiger charge is -2.06. The van der Waals surface area contributed by atoms with Crippen LogP contribution in [0.2, 0.25) is 10.0 Å². The van der Waals surface area contributed by atoms with E-state index in [1.165, 1.54) is 6.21 Å². The minimum Gasteiger partial charge on any atom is -0.423 e. The summed E-state index contributed by atoms with van der Waals surface area (Å²) < 4.78 is 5.30. The topological polar surface area (TPSA) is 67.8 Å². The molecule has 1 amide bonds. The average molecular weight is 413 g/mol. The van der Waals surface area contributed by atoms with Crippen LogP contribution in [0.15, 0.2) is 77.9 Å². The molecule has 0 spiro atoms. The van der Waals surface area contributed by atoms with Crippen molar-refractivity contribution in [2.75, 3.05) is 0 Å². The van der Waals surface area contributed by atoms with Crippen molar-refractivity contribution < 1.29 is 14.3 Å². The molecule has 0 aliphatic heterocycles. The van der Waals surface area contributed by atoms with Crippen molar-refractivity contribution in [2.24, 2.45) is 5.10 Å². The van der Waals surface area contributed by atoms with Crippen LogP contribution in [0, 0.1) is 0 Å². The van der Waals surface area contributed by atoms with Gasteiger partial charge in [0.25, 0.3) is 5.91 Å². The summed E-state index contributed by atoms with van der Waals surface area (Å²) in [6, 6.07) is 19.8. The van der Waals surface area contributed by atoms with E-state index < -0.39 is 5.97 Å². The predicted octanol–water partition coefficient (Wildman–Crippen LogP) is 4.98. The lowest BCUT2D eigenvalue weighted by Crippen LogP contribution is -2.17. The Morgan fingerprint density at radius 1 is 0.893 bits per heavy atom. The molecule has 3 rings (SSSR count). The highest BCUT2D eigenvalue weighted by Gasteiger charge is 2.12. The first-order valence-electron chi connectivity index (χ1n) is 8.19. The summed E-state index contributed by atoms with van der Waals surface area (Å²) in [4.78, 5) is 24.1. The van der Waals surface area contributed by atoms with Crippen LogP contribution in [0.25, 0.3) is 0 Å². The highest BCUT2D eigenvalue weighted by Crippen LogP contribution is 2.19. The molecule has 0 radical (unpaired) electrons. The van der Waals surface area contributed by atoms with Crippen molar-refractivity contribution in [3.8, 4) is 5.75 Å². The molecule has 0 saturated carbocycles. The number of amides is 1. The van der Waals surface area contributed by atoms with E-state index in [0.717, 1.165) is 0 Å². The van der Waals surface area contributed by atoms with Crippen LogP contribution in [-0.4, -0.2) is 18.1 Å². The number of nitrogens with one attached hydrogen (secondary N) is 1. The van der Waals surface area contributed by atoms with E-state index in [0.29, 0.717) is 32.5 Å². The number of carbonyl (C=O) groups excluding carboxylic acids is 2. The third-order valence-corrected chi connectivity index (χ3v) is 4.25. The third-order valence-electron chi connectivity index (χ3n) is 3.67. The first-order chi connectivity index (χ1) is 13.5. The number of hydrazone groups is 1. The zero-order valence-electron chi connectivity index (χ0n) is 14.4. The van der Waals surface area contributed by atoms with Crippen LogP contribution in [-0.2, 0) is 0 Å². The number of halogens is 2. The third kappa shape index (κ3) is 5.19. The second-order valence-corrected chi connectivity index (χ2v) is 6.49. The van der Waals surface area contributed by atoms with Gasteiger partial charge in [0.15, 0.2) is 0 Å². The molecule has 0 aliphatic carbocycles. The van der Waals surface area contributed by atoms with E-state index in [-0.39, 0.29) is 5.91 Å². The Balaban J connectivity index is 1.57. The van der Waals surface area contributed by atoms with Crippen LogP contribution in [0.1, 0.15) is 26.3 Å². The Morgan fingerprint density at radius 2 is 1.57 bits per heavy atom. The van der Waals surface area contributed by atoms with E-state index in [9.17, 15) is 9.59 Å². The van der Waals surface area contributed by atoms with Crippen molar-refractivity contribution in [3.05, 3.63) is 99.5 Å². The molecular weight excluding hydrogens is 399 g/mol. The number of hydrogen-bond acceptors (Lipinski definition) is 4. The molecule has 7 heteroatoms. The van der Waals surface area contributed by atoms with Gasteiger partial charge in [-0.15, -0.1) is 0 Å². The number of rotatable bonds is 5. The number of esters is 1. The highest BCUT2D eigenvalue weighted by molar-refractivity contribution is 6.33. The lowest BCUT2D eigenvalue weighted by atomic mass is 10.2. The summed E-state index contributed by atoms with van der Waals surface area (Å²) >= 11 is 11.8. The number of carbonyl (C=O) groups is 2. The van der Waals surface area contributed by atoms with Crippen molar-refractivity contribution >= 4 is 41.3 Å². The first kappa shape index (κ1) is 19.6. The van der Waals surface area contributed by atoms with Gasteiger partial charge in [-0.1, -0.05) is 35.3 Å². The second-order valence-electron chi connectivity index (χ2n) is 5.64. The van der Waals surface area contributed by atoms with Crippen molar-refractivity contribution in [3.63, 3.8) is 0 Å². The van der Waals surface area contributed by atoms with E-state index in [2.05, 4.69) is 10.5 Å². The van der Waals surface area contributed by atoms with Gasteiger partial charge in [0, 0.05) is 10.6 Å². The van der Waals surface area contributed by atoms with E-state index in [4.69, 9.17) is 27.9 Å². The maximum atomic E-state index is 12.1. The zero-order chi connectivity index (χ0) is 19.9. The lowest BCUT2D eigenvalue weighted by molar-refractivity contribution is 0.0734. The minimum absolute atomic E-state index is 0.291. The van der Waals surface area contributed by atoms with E-state index >= 15 is 0 Å². The minimum atomic E-state index is -0.540. The summed E-state index contributed by atoms with van der Waals surface area (Å²) in [5, 5.41) is 4.79. The molecule has 0 atom stereocenters. The van der Waals surface area contributed by atoms with Gasteiger partial charge in [-0.2, -0.15) is 5.10 Å². The Hall–Kier alpha value is -3.15. The van der Waals surface area contributed by atoms with Gasteiger partial charge in [-0.3, -0.25) is 4.79 Å². The summed E-state index contributed by atoms with van der Waals surface area (Å²) in [6.45, 7) is 0. The molecule has 0 heterocycles. The zero-order valence-corrected chi connectivity index (χ0v) is 15.9. The van der Waals surface area contributed by atoms with Crippen LogP contribution in [0.5, 0.6) is 5.75 Å². The summed E-state index contributed by atoms with van der Waals surface area (Å²) in [5.74, 6) is -0.521. The van der Waals surface area contributed by atoms with Gasteiger partial charge in [0.2, 0.25) is 0 Å². The summed E-state index contributed by atoms with van der Waals surface area (Å²) in [6.07, 6.45) is 1.48. The van der Waals surface area contributed by atoms with E-state index in [1.54, 1.807) is 72.8 Å². The number of hydrogen-bond donors (Lipinski definition) is 1. The van der Waals surface area contributed by atoms with Crippen LogP contribution in [0.3, 0.4) is 0 Å². The monoisotopic (exact) mass is 412 g/mol. The first-order valence-corrected chi connectivity index (χ1v) is 8.94. The van der Waals surface area contributed by atoms with Gasteiger partial charge in [-0.25, -0.2) is 10.2 Å². The number of nitrogens with zero attached hydrogens (tertiary/aromatic N) is 1. The summed E-state index contributed by atoms with van der Waals surface area (Å²) in [5.41, 5.74) is 3.88. The predicted molar refractivity (Wildman–Crippen MR) is 109 cm³/mol. The van der Waals surface area contributed by atoms with Crippen molar-refractivity contribution in [1.29, 1.82) is 0 Å². The van der Waals surface area contributed by atoms with Crippen molar-refractivity contribution in [2.45, 2.75) is 0 Å². The largest absolute Gasteiger partial charge is 0.423 e. The molecule has 1 N–H and O–H groups in total. The Morgan fingerprint density at radius 3 is 2.25 bits per heavy atom. The molecule has 3 aromatic carbocycles. The second kappa shape index (κ2) is 9.17. The fraction of sp³-hybridized carbons (Fsp3) is 0. The Bertz CT molecular complexity index is 1020. The van der Waals surface area contributed by atoms with Gasteiger partial charge < -0.3 is 4.74 Å². The molecule has 28 heavy (non-hydrogen) atoms. The maximum absolute atomic E-state index is 12.1. The van der Waals surface area contributed by atoms with Gasteiger partial charge in [-0.05, 0) is 66.2 Å². The molecule has 5 nitrogen and oxygen atoms in total. The van der Waals surface area contributed by atoms with Gasteiger partial charge in [0.05, 0.1) is 16.8 Å². The van der Waals surface area contributed by atoms with Gasteiger partial charge >= 0.3 is 5.97 Å². The number of benzene rings is 3. The molecule has 0 aromatic heterocycles. The maximum Gasteiger partial charge on any atom is 0.345 e. The Kier molecular flexibility index (Phi) is 6.42. The molecule has 0 fully saturated rings.